The number of thioether (sulfide) groups is 1. The normalized spacial score (nSPS) is 14.0. The van der Waals surface area contributed by atoms with Crippen molar-refractivity contribution in [2.45, 2.75) is 24.8 Å². The number of anilines is 1. The van der Waals surface area contributed by atoms with Crippen molar-refractivity contribution in [3.05, 3.63) is 94.4 Å². The van der Waals surface area contributed by atoms with E-state index in [0.29, 0.717) is 32.5 Å². The highest BCUT2D eigenvalue weighted by Gasteiger charge is 2.40. The molecule has 1 heterocycles. The third-order valence-corrected chi connectivity index (χ3v) is 5.93. The van der Waals surface area contributed by atoms with E-state index in [2.05, 4.69) is 0 Å². The smallest absolute Gasteiger partial charge is 0.272 e. The summed E-state index contributed by atoms with van der Waals surface area (Å²) in [6.45, 7) is 3.85. The highest BCUT2D eigenvalue weighted by molar-refractivity contribution is 8.04. The second kappa shape index (κ2) is 9.00. The highest BCUT2D eigenvalue weighted by atomic mass is 35.5. The molecule has 6 heteroatoms. The van der Waals surface area contributed by atoms with E-state index in [1.807, 2.05) is 50.2 Å². The summed E-state index contributed by atoms with van der Waals surface area (Å²) in [5, 5.41) is 0.564. The quantitative estimate of drug-likeness (QED) is 0.420. The van der Waals surface area contributed by atoms with Crippen molar-refractivity contribution in [2.24, 2.45) is 0 Å². The molecular weight excluding hydrogens is 430 g/mol. The summed E-state index contributed by atoms with van der Waals surface area (Å²) < 4.78 is 5.75. The SMILES string of the molecule is CC(C)Oc1cccc(N2C(=O)C(Sc3ccccc3)=C(c3ccc(Cl)cc3)C2=O)c1. The number of hydrogen-bond donors (Lipinski definition) is 0. The van der Waals surface area contributed by atoms with E-state index >= 15 is 0 Å². The van der Waals surface area contributed by atoms with Crippen LogP contribution in [0.2, 0.25) is 5.02 Å². The Morgan fingerprint density at radius 2 is 1.58 bits per heavy atom. The summed E-state index contributed by atoms with van der Waals surface area (Å²) in [5.41, 5.74) is 1.49. The van der Waals surface area contributed by atoms with Crippen molar-refractivity contribution in [1.29, 1.82) is 0 Å². The average Bonchev–Trinajstić information content (AvgIpc) is 2.99. The van der Waals surface area contributed by atoms with Crippen molar-refractivity contribution in [2.75, 3.05) is 4.90 Å². The van der Waals surface area contributed by atoms with Crippen molar-refractivity contribution >= 4 is 46.4 Å². The van der Waals surface area contributed by atoms with Gasteiger partial charge in [-0.3, -0.25) is 9.59 Å². The van der Waals surface area contributed by atoms with Crippen molar-refractivity contribution in [1.82, 2.24) is 0 Å². The number of rotatable bonds is 6. The van der Waals surface area contributed by atoms with Crippen LogP contribution in [0.4, 0.5) is 5.69 Å². The Labute approximate surface area is 190 Å². The minimum atomic E-state index is -0.368. The topological polar surface area (TPSA) is 46.6 Å². The van der Waals surface area contributed by atoms with E-state index in [1.165, 1.54) is 16.7 Å². The predicted molar refractivity (Wildman–Crippen MR) is 125 cm³/mol. The molecule has 0 bridgehead atoms. The van der Waals surface area contributed by atoms with Gasteiger partial charge in [0.05, 0.1) is 22.3 Å². The van der Waals surface area contributed by atoms with Gasteiger partial charge in [-0.2, -0.15) is 0 Å². The first-order valence-corrected chi connectivity index (χ1v) is 11.0. The Bertz CT molecular complexity index is 1160. The van der Waals surface area contributed by atoms with E-state index in [0.717, 1.165) is 4.90 Å². The molecule has 0 radical (unpaired) electrons. The zero-order chi connectivity index (χ0) is 22.0. The standard InChI is InChI=1S/C25H20ClNO3S/c1-16(2)30-20-8-6-7-19(15-20)27-24(28)22(17-11-13-18(26)14-12-17)23(25(27)29)31-21-9-4-3-5-10-21/h3-16H,1-2H3. The maximum absolute atomic E-state index is 13.5. The molecule has 2 amide bonds. The number of halogens is 1. The second-order valence-electron chi connectivity index (χ2n) is 7.24. The summed E-state index contributed by atoms with van der Waals surface area (Å²) in [6, 6.07) is 23.5. The van der Waals surface area contributed by atoms with Gasteiger partial charge < -0.3 is 4.74 Å². The monoisotopic (exact) mass is 449 g/mol. The Hall–Kier alpha value is -3.02. The molecule has 0 N–H and O–H groups in total. The predicted octanol–water partition coefficient (Wildman–Crippen LogP) is 6.20. The number of carbonyl (C=O) groups excluding carboxylic acids is 2. The van der Waals surface area contributed by atoms with Gasteiger partial charge in [0.25, 0.3) is 11.8 Å². The summed E-state index contributed by atoms with van der Waals surface area (Å²) in [7, 11) is 0. The van der Waals surface area contributed by atoms with E-state index in [-0.39, 0.29) is 17.9 Å². The molecule has 0 saturated carbocycles. The first-order valence-electron chi connectivity index (χ1n) is 9.82. The van der Waals surface area contributed by atoms with E-state index < -0.39 is 0 Å². The van der Waals surface area contributed by atoms with Gasteiger partial charge in [0, 0.05) is 16.0 Å². The van der Waals surface area contributed by atoms with Crippen LogP contribution in [0.5, 0.6) is 5.75 Å². The largest absolute Gasteiger partial charge is 0.491 e. The summed E-state index contributed by atoms with van der Waals surface area (Å²) >= 11 is 7.32. The molecule has 3 aromatic rings. The lowest BCUT2D eigenvalue weighted by Gasteiger charge is -2.17. The first-order chi connectivity index (χ1) is 14.9. The molecule has 1 aliphatic rings. The lowest BCUT2D eigenvalue weighted by atomic mass is 10.1. The third-order valence-electron chi connectivity index (χ3n) is 4.58. The van der Waals surface area contributed by atoms with Crippen LogP contribution in [0.25, 0.3) is 5.57 Å². The van der Waals surface area contributed by atoms with Gasteiger partial charge in [-0.15, -0.1) is 0 Å². The fourth-order valence-corrected chi connectivity index (χ4v) is 4.43. The Morgan fingerprint density at radius 1 is 0.871 bits per heavy atom. The molecule has 0 atom stereocenters. The number of carbonyl (C=O) groups is 2. The van der Waals surface area contributed by atoms with E-state index in [9.17, 15) is 9.59 Å². The Kier molecular flexibility index (Phi) is 6.16. The van der Waals surface area contributed by atoms with Gasteiger partial charge in [0.2, 0.25) is 0 Å². The van der Waals surface area contributed by atoms with Crippen LogP contribution >= 0.6 is 23.4 Å². The van der Waals surface area contributed by atoms with Crippen LogP contribution in [0.15, 0.2) is 88.7 Å². The van der Waals surface area contributed by atoms with Gasteiger partial charge in [0.15, 0.2) is 0 Å². The lowest BCUT2D eigenvalue weighted by Crippen LogP contribution is -2.31. The zero-order valence-corrected chi connectivity index (χ0v) is 18.6. The highest BCUT2D eigenvalue weighted by Crippen LogP contribution is 2.42. The van der Waals surface area contributed by atoms with Crippen LogP contribution in [-0.4, -0.2) is 17.9 Å². The molecule has 0 spiro atoms. The molecule has 0 unspecified atom stereocenters. The van der Waals surface area contributed by atoms with Gasteiger partial charge in [-0.05, 0) is 55.8 Å². The molecule has 0 aromatic heterocycles. The Morgan fingerprint density at radius 3 is 2.26 bits per heavy atom. The minimum Gasteiger partial charge on any atom is -0.491 e. The second-order valence-corrected chi connectivity index (χ2v) is 8.76. The van der Waals surface area contributed by atoms with Crippen LogP contribution in [0.3, 0.4) is 0 Å². The number of imide groups is 1. The molecule has 3 aromatic carbocycles. The summed E-state index contributed by atoms with van der Waals surface area (Å²) in [5.74, 6) is -0.122. The van der Waals surface area contributed by atoms with Gasteiger partial charge in [-0.1, -0.05) is 59.8 Å². The fourth-order valence-electron chi connectivity index (χ4n) is 3.28. The van der Waals surface area contributed by atoms with Crippen LogP contribution in [0, 0.1) is 0 Å². The number of amides is 2. The minimum absolute atomic E-state index is 0.0211. The Balaban J connectivity index is 1.78. The van der Waals surface area contributed by atoms with Crippen molar-refractivity contribution in [3.63, 3.8) is 0 Å². The fraction of sp³-hybridized carbons (Fsp3) is 0.120. The molecule has 0 fully saturated rings. The average molecular weight is 450 g/mol. The van der Waals surface area contributed by atoms with Crippen LogP contribution < -0.4 is 9.64 Å². The molecular formula is C25H20ClNO3S. The molecule has 31 heavy (non-hydrogen) atoms. The molecule has 4 rings (SSSR count). The summed E-state index contributed by atoms with van der Waals surface area (Å²) in [4.78, 5) is 29.4. The number of hydrogen-bond acceptors (Lipinski definition) is 4. The number of ether oxygens (including phenoxy) is 1. The van der Waals surface area contributed by atoms with Crippen molar-refractivity contribution in [3.8, 4) is 5.75 Å². The van der Waals surface area contributed by atoms with Crippen LogP contribution in [0.1, 0.15) is 19.4 Å². The maximum atomic E-state index is 13.5. The van der Waals surface area contributed by atoms with Gasteiger partial charge in [0.1, 0.15) is 5.75 Å². The van der Waals surface area contributed by atoms with Gasteiger partial charge >= 0.3 is 0 Å². The van der Waals surface area contributed by atoms with Crippen molar-refractivity contribution < 1.29 is 14.3 Å². The molecule has 4 nitrogen and oxygen atoms in total. The van der Waals surface area contributed by atoms with E-state index in [4.69, 9.17) is 16.3 Å². The van der Waals surface area contributed by atoms with E-state index in [1.54, 1.807) is 42.5 Å². The first kappa shape index (κ1) is 21.2. The molecule has 0 saturated heterocycles. The molecule has 0 aliphatic carbocycles. The lowest BCUT2D eigenvalue weighted by molar-refractivity contribution is -0.119. The zero-order valence-electron chi connectivity index (χ0n) is 17.0. The van der Waals surface area contributed by atoms with Gasteiger partial charge in [-0.25, -0.2) is 4.90 Å². The third kappa shape index (κ3) is 4.53. The number of benzene rings is 3. The molecule has 1 aliphatic heterocycles. The summed E-state index contributed by atoms with van der Waals surface area (Å²) in [6.07, 6.45) is -0.0211. The number of nitrogens with zero attached hydrogens (tertiary/aromatic N) is 1. The van der Waals surface area contributed by atoms with Crippen LogP contribution in [-0.2, 0) is 9.59 Å². The molecule has 156 valence electrons. The maximum Gasteiger partial charge on any atom is 0.272 e.